The van der Waals surface area contributed by atoms with Crippen LogP contribution >= 0.6 is 0 Å². The van der Waals surface area contributed by atoms with Crippen molar-refractivity contribution in [3.8, 4) is 0 Å². The van der Waals surface area contributed by atoms with Gasteiger partial charge in [-0.2, -0.15) is 0 Å². The summed E-state index contributed by atoms with van der Waals surface area (Å²) >= 11 is 0. The van der Waals surface area contributed by atoms with Gasteiger partial charge >= 0.3 is 5.97 Å². The SMILES string of the molecule is CCOC1CCN(CCC2CCCC2(N)C(=O)O)CC1. The van der Waals surface area contributed by atoms with Crippen LogP contribution in [0.5, 0.6) is 0 Å². The van der Waals surface area contributed by atoms with Gasteiger partial charge in [0.05, 0.1) is 6.10 Å². The molecule has 5 heteroatoms. The molecule has 5 nitrogen and oxygen atoms in total. The Bertz CT molecular complexity index is 329. The molecule has 0 aromatic heterocycles. The highest BCUT2D eigenvalue weighted by Crippen LogP contribution is 2.36. The minimum Gasteiger partial charge on any atom is -0.480 e. The summed E-state index contributed by atoms with van der Waals surface area (Å²) in [4.78, 5) is 13.8. The Balaban J connectivity index is 1.75. The summed E-state index contributed by atoms with van der Waals surface area (Å²) in [5.41, 5.74) is 5.10. The summed E-state index contributed by atoms with van der Waals surface area (Å²) < 4.78 is 5.65. The van der Waals surface area contributed by atoms with Gasteiger partial charge in [0.1, 0.15) is 5.54 Å². The van der Waals surface area contributed by atoms with Gasteiger partial charge in [-0.3, -0.25) is 4.79 Å². The first-order valence-corrected chi connectivity index (χ1v) is 7.92. The van der Waals surface area contributed by atoms with E-state index in [-0.39, 0.29) is 5.92 Å². The fraction of sp³-hybridized carbons (Fsp3) is 0.933. The topological polar surface area (TPSA) is 75.8 Å². The Morgan fingerprint density at radius 1 is 1.40 bits per heavy atom. The van der Waals surface area contributed by atoms with Gasteiger partial charge in [0.2, 0.25) is 0 Å². The third-order valence-corrected chi connectivity index (χ3v) is 5.00. The zero-order valence-electron chi connectivity index (χ0n) is 12.5. The van der Waals surface area contributed by atoms with E-state index in [9.17, 15) is 9.90 Å². The van der Waals surface area contributed by atoms with Gasteiger partial charge in [-0.25, -0.2) is 0 Å². The molecular formula is C15H28N2O3. The van der Waals surface area contributed by atoms with Gasteiger partial charge in [0.15, 0.2) is 0 Å². The predicted octanol–water partition coefficient (Wildman–Crippen LogP) is 1.46. The molecule has 3 N–H and O–H groups in total. The first kappa shape index (κ1) is 15.7. The first-order valence-electron chi connectivity index (χ1n) is 7.92. The molecule has 1 heterocycles. The van der Waals surface area contributed by atoms with Gasteiger partial charge in [0, 0.05) is 19.7 Å². The number of carboxylic acids is 1. The van der Waals surface area contributed by atoms with Crippen molar-refractivity contribution in [2.45, 2.75) is 57.1 Å². The normalized spacial score (nSPS) is 32.6. The minimum atomic E-state index is -0.982. The molecule has 1 aliphatic carbocycles. The Kier molecular flexibility index (Phi) is 5.41. The van der Waals surface area contributed by atoms with Crippen molar-refractivity contribution in [3.05, 3.63) is 0 Å². The van der Waals surface area contributed by atoms with E-state index in [0.29, 0.717) is 12.5 Å². The number of likely N-dealkylation sites (tertiary alicyclic amines) is 1. The number of hydrogen-bond donors (Lipinski definition) is 2. The Labute approximate surface area is 121 Å². The number of piperidine rings is 1. The van der Waals surface area contributed by atoms with Gasteiger partial charge < -0.3 is 20.5 Å². The van der Waals surface area contributed by atoms with Crippen molar-refractivity contribution in [1.82, 2.24) is 4.90 Å². The Hall–Kier alpha value is -0.650. The van der Waals surface area contributed by atoms with Crippen LogP contribution in [0.2, 0.25) is 0 Å². The van der Waals surface area contributed by atoms with Crippen LogP contribution in [0.3, 0.4) is 0 Å². The second-order valence-corrected chi connectivity index (χ2v) is 6.22. The van der Waals surface area contributed by atoms with Crippen LogP contribution in [0.4, 0.5) is 0 Å². The van der Waals surface area contributed by atoms with Crippen molar-refractivity contribution in [3.63, 3.8) is 0 Å². The van der Waals surface area contributed by atoms with Crippen molar-refractivity contribution < 1.29 is 14.6 Å². The molecule has 116 valence electrons. The van der Waals surface area contributed by atoms with E-state index in [4.69, 9.17) is 10.5 Å². The number of nitrogens with zero attached hydrogens (tertiary/aromatic N) is 1. The second kappa shape index (κ2) is 6.87. The molecule has 20 heavy (non-hydrogen) atoms. The van der Waals surface area contributed by atoms with Gasteiger partial charge in [-0.05, 0) is 51.5 Å². The fourth-order valence-electron chi connectivity index (χ4n) is 3.66. The standard InChI is InChI=1S/C15H28N2O3/c1-2-20-13-6-10-17(11-7-13)9-5-12-4-3-8-15(12,16)14(18)19/h12-13H,2-11,16H2,1H3,(H,18,19). The smallest absolute Gasteiger partial charge is 0.323 e. The molecule has 0 aromatic carbocycles. The highest BCUT2D eigenvalue weighted by molar-refractivity contribution is 5.79. The van der Waals surface area contributed by atoms with Crippen LogP contribution in [0.25, 0.3) is 0 Å². The quantitative estimate of drug-likeness (QED) is 0.772. The van der Waals surface area contributed by atoms with E-state index in [2.05, 4.69) is 4.90 Å². The molecule has 2 rings (SSSR count). The van der Waals surface area contributed by atoms with Crippen LogP contribution < -0.4 is 5.73 Å². The van der Waals surface area contributed by atoms with Gasteiger partial charge in [-0.1, -0.05) is 6.42 Å². The molecule has 2 unspecified atom stereocenters. The van der Waals surface area contributed by atoms with Crippen molar-refractivity contribution >= 4 is 5.97 Å². The molecule has 0 amide bonds. The zero-order chi connectivity index (χ0) is 14.6. The van der Waals surface area contributed by atoms with E-state index in [0.717, 1.165) is 58.3 Å². The molecule has 0 radical (unpaired) electrons. The largest absolute Gasteiger partial charge is 0.480 e. The molecule has 0 aromatic rings. The molecule has 1 aliphatic heterocycles. The summed E-state index contributed by atoms with van der Waals surface area (Å²) in [5, 5.41) is 9.32. The lowest BCUT2D eigenvalue weighted by Gasteiger charge is -2.34. The predicted molar refractivity (Wildman–Crippen MR) is 77.6 cm³/mol. The van der Waals surface area contributed by atoms with Crippen molar-refractivity contribution in [2.75, 3.05) is 26.2 Å². The van der Waals surface area contributed by atoms with Crippen LogP contribution in [0, 0.1) is 5.92 Å². The molecule has 1 saturated heterocycles. The van der Waals surface area contributed by atoms with E-state index in [1.165, 1.54) is 0 Å². The number of carbonyl (C=O) groups is 1. The molecule has 2 aliphatic rings. The summed E-state index contributed by atoms with van der Waals surface area (Å²) in [7, 11) is 0. The molecule has 2 atom stereocenters. The number of ether oxygens (including phenoxy) is 1. The first-order chi connectivity index (χ1) is 9.56. The minimum absolute atomic E-state index is 0.129. The zero-order valence-corrected chi connectivity index (χ0v) is 12.5. The van der Waals surface area contributed by atoms with Crippen molar-refractivity contribution in [1.29, 1.82) is 0 Å². The van der Waals surface area contributed by atoms with E-state index < -0.39 is 11.5 Å². The second-order valence-electron chi connectivity index (χ2n) is 6.22. The average Bonchev–Trinajstić information content (AvgIpc) is 2.81. The maximum absolute atomic E-state index is 11.3. The van der Waals surface area contributed by atoms with Crippen LogP contribution in [0.1, 0.15) is 45.4 Å². The third-order valence-electron chi connectivity index (χ3n) is 5.00. The number of aliphatic carboxylic acids is 1. The van der Waals surface area contributed by atoms with E-state index in [1.807, 2.05) is 6.92 Å². The Morgan fingerprint density at radius 2 is 2.10 bits per heavy atom. The molecule has 1 saturated carbocycles. The fourth-order valence-corrected chi connectivity index (χ4v) is 3.66. The summed E-state index contributed by atoms with van der Waals surface area (Å²) in [6.07, 6.45) is 6.02. The number of carboxylic acid groups (broad SMARTS) is 1. The third kappa shape index (κ3) is 3.51. The maximum atomic E-state index is 11.3. The lowest BCUT2D eigenvalue weighted by atomic mass is 9.85. The molecule has 2 fully saturated rings. The lowest BCUT2D eigenvalue weighted by Crippen LogP contribution is -2.51. The summed E-state index contributed by atoms with van der Waals surface area (Å²) in [6, 6.07) is 0. The molecule has 0 spiro atoms. The summed E-state index contributed by atoms with van der Waals surface area (Å²) in [6.45, 7) is 5.92. The highest BCUT2D eigenvalue weighted by atomic mass is 16.5. The number of nitrogens with two attached hydrogens (primary N) is 1. The summed E-state index contributed by atoms with van der Waals surface area (Å²) in [5.74, 6) is -0.695. The number of rotatable bonds is 6. The van der Waals surface area contributed by atoms with E-state index >= 15 is 0 Å². The Morgan fingerprint density at radius 3 is 2.70 bits per heavy atom. The molecule has 0 bridgehead atoms. The highest BCUT2D eigenvalue weighted by Gasteiger charge is 2.45. The molecular weight excluding hydrogens is 256 g/mol. The van der Waals surface area contributed by atoms with Crippen molar-refractivity contribution in [2.24, 2.45) is 11.7 Å². The average molecular weight is 284 g/mol. The van der Waals surface area contributed by atoms with Gasteiger partial charge in [0.25, 0.3) is 0 Å². The lowest BCUT2D eigenvalue weighted by molar-refractivity contribution is -0.144. The maximum Gasteiger partial charge on any atom is 0.323 e. The van der Waals surface area contributed by atoms with Crippen LogP contribution in [0.15, 0.2) is 0 Å². The monoisotopic (exact) mass is 284 g/mol. The number of hydrogen-bond acceptors (Lipinski definition) is 4. The van der Waals surface area contributed by atoms with E-state index in [1.54, 1.807) is 0 Å². The van der Waals surface area contributed by atoms with Gasteiger partial charge in [-0.15, -0.1) is 0 Å². The van der Waals surface area contributed by atoms with Crippen LogP contribution in [-0.2, 0) is 9.53 Å². The van der Waals surface area contributed by atoms with Crippen LogP contribution in [-0.4, -0.2) is 53.9 Å².